The number of nitrogens with zero attached hydrogens (tertiary/aromatic N) is 1. The molecular weight excluding hydrogens is 366 g/mol. The lowest BCUT2D eigenvalue weighted by Gasteiger charge is -2.16. The summed E-state index contributed by atoms with van der Waals surface area (Å²) in [4.78, 5) is 13.9. The number of carbonyl (C=O) groups is 1. The fourth-order valence-electron chi connectivity index (χ4n) is 2.52. The first-order valence-corrected chi connectivity index (χ1v) is 9.11. The van der Waals surface area contributed by atoms with Gasteiger partial charge in [-0.05, 0) is 50.2 Å². The van der Waals surface area contributed by atoms with Crippen molar-refractivity contribution in [3.05, 3.63) is 59.7 Å². The number of halogens is 2. The monoisotopic (exact) mass is 392 g/mol. The Hall–Kier alpha value is -2.67. The van der Waals surface area contributed by atoms with Crippen LogP contribution in [0.25, 0.3) is 0 Å². The van der Waals surface area contributed by atoms with E-state index in [0.717, 1.165) is 11.3 Å². The highest BCUT2D eigenvalue weighted by Gasteiger charge is 2.07. The summed E-state index contributed by atoms with van der Waals surface area (Å²) in [6.07, 6.45) is 0.612. The minimum Gasteiger partial charge on any atom is -0.492 e. The first-order chi connectivity index (χ1) is 13.4. The average molecular weight is 392 g/mol. The second-order valence-corrected chi connectivity index (χ2v) is 6.52. The third kappa shape index (κ3) is 8.35. The molecule has 0 heterocycles. The van der Waals surface area contributed by atoms with Crippen molar-refractivity contribution in [3.8, 4) is 11.5 Å². The largest absolute Gasteiger partial charge is 0.492 e. The van der Waals surface area contributed by atoms with Crippen molar-refractivity contribution in [2.75, 3.05) is 33.3 Å². The topological polar surface area (TPSA) is 50.8 Å². The summed E-state index contributed by atoms with van der Waals surface area (Å²) in [5.74, 6) is 0.862. The van der Waals surface area contributed by atoms with Crippen LogP contribution in [0.15, 0.2) is 48.5 Å². The summed E-state index contributed by atoms with van der Waals surface area (Å²) in [6, 6.07) is 14.2. The number of hydrogen-bond acceptors (Lipinski definition) is 4. The van der Waals surface area contributed by atoms with Gasteiger partial charge in [-0.1, -0.05) is 29.8 Å². The normalized spacial score (nSPS) is 10.9. The molecule has 0 aliphatic carbocycles. The van der Waals surface area contributed by atoms with E-state index >= 15 is 0 Å². The molecule has 2 aromatic rings. The number of rotatable bonds is 11. The van der Waals surface area contributed by atoms with Crippen LogP contribution in [0, 0.1) is 6.92 Å². The highest BCUT2D eigenvalue weighted by Crippen LogP contribution is 2.15. The molecule has 0 radical (unpaired) electrons. The van der Waals surface area contributed by atoms with E-state index in [1.807, 2.05) is 43.1 Å². The average Bonchev–Trinajstić information content (AvgIpc) is 2.64. The van der Waals surface area contributed by atoms with Crippen LogP contribution in [0.3, 0.4) is 0 Å². The summed E-state index contributed by atoms with van der Waals surface area (Å²) in [5.41, 5.74) is 2.11. The second kappa shape index (κ2) is 11.2. The van der Waals surface area contributed by atoms with Crippen molar-refractivity contribution < 1.29 is 23.0 Å². The molecule has 0 unspecified atom stereocenters. The van der Waals surface area contributed by atoms with E-state index in [1.165, 1.54) is 17.7 Å². The Kier molecular flexibility index (Phi) is 8.68. The predicted octanol–water partition coefficient (Wildman–Crippen LogP) is 3.27. The molecule has 0 aliphatic heterocycles. The van der Waals surface area contributed by atoms with Crippen molar-refractivity contribution in [3.63, 3.8) is 0 Å². The molecule has 1 N–H and O–H groups in total. The molecule has 1 amide bonds. The molecule has 0 atom stereocenters. The number of likely N-dealkylation sites (N-methyl/N-ethyl adjacent to an activating group) is 1. The summed E-state index contributed by atoms with van der Waals surface area (Å²) >= 11 is 0. The van der Waals surface area contributed by atoms with Gasteiger partial charge in [0.05, 0.1) is 6.54 Å². The Morgan fingerprint density at radius 3 is 2.36 bits per heavy atom. The molecule has 7 heteroatoms. The van der Waals surface area contributed by atoms with Gasteiger partial charge in [0.15, 0.2) is 0 Å². The van der Waals surface area contributed by atoms with E-state index in [1.54, 1.807) is 12.1 Å². The zero-order valence-electron chi connectivity index (χ0n) is 16.2. The van der Waals surface area contributed by atoms with E-state index in [9.17, 15) is 13.6 Å². The van der Waals surface area contributed by atoms with E-state index in [0.29, 0.717) is 26.1 Å². The van der Waals surface area contributed by atoms with Gasteiger partial charge >= 0.3 is 6.61 Å². The Morgan fingerprint density at radius 2 is 1.71 bits per heavy atom. The molecule has 0 spiro atoms. The van der Waals surface area contributed by atoms with Gasteiger partial charge in [-0.3, -0.25) is 9.69 Å². The summed E-state index contributed by atoms with van der Waals surface area (Å²) in [7, 11) is 1.86. The third-order valence-electron chi connectivity index (χ3n) is 4.06. The fraction of sp³-hybridized carbons (Fsp3) is 0.381. The van der Waals surface area contributed by atoms with Gasteiger partial charge in [0, 0.05) is 13.1 Å². The van der Waals surface area contributed by atoms with Crippen molar-refractivity contribution in [2.24, 2.45) is 0 Å². The number of ether oxygens (including phenoxy) is 2. The molecule has 28 heavy (non-hydrogen) atoms. The summed E-state index contributed by atoms with van der Waals surface area (Å²) in [5, 5.41) is 2.85. The third-order valence-corrected chi connectivity index (χ3v) is 4.06. The lowest BCUT2D eigenvalue weighted by atomic mass is 10.1. The van der Waals surface area contributed by atoms with Crippen LogP contribution >= 0.6 is 0 Å². The predicted molar refractivity (Wildman–Crippen MR) is 104 cm³/mol. The second-order valence-electron chi connectivity index (χ2n) is 6.52. The smallest absolute Gasteiger partial charge is 0.387 e. The maximum absolute atomic E-state index is 12.1. The Bertz CT molecular complexity index is 721. The Balaban J connectivity index is 1.60. The number of aryl methyl sites for hydroxylation is 1. The van der Waals surface area contributed by atoms with Crippen molar-refractivity contribution in [1.29, 1.82) is 0 Å². The van der Waals surface area contributed by atoms with Gasteiger partial charge in [-0.2, -0.15) is 8.78 Å². The molecule has 0 aliphatic rings. The molecule has 2 rings (SSSR count). The van der Waals surface area contributed by atoms with Crippen molar-refractivity contribution in [1.82, 2.24) is 10.2 Å². The maximum atomic E-state index is 12.1. The van der Waals surface area contributed by atoms with Crippen LogP contribution in [0.2, 0.25) is 0 Å². The summed E-state index contributed by atoms with van der Waals surface area (Å²) < 4.78 is 34.2. The van der Waals surface area contributed by atoms with E-state index in [-0.39, 0.29) is 18.2 Å². The first kappa shape index (κ1) is 21.6. The van der Waals surface area contributed by atoms with Crippen LogP contribution in [0.5, 0.6) is 11.5 Å². The molecular formula is C21H26F2N2O3. The summed E-state index contributed by atoms with van der Waals surface area (Å²) in [6.45, 7) is 1.07. The number of nitrogens with one attached hydrogen (secondary N) is 1. The van der Waals surface area contributed by atoms with Crippen LogP contribution in [-0.2, 0) is 11.2 Å². The zero-order chi connectivity index (χ0) is 20.4. The first-order valence-electron chi connectivity index (χ1n) is 9.11. The highest BCUT2D eigenvalue weighted by molar-refractivity contribution is 5.77. The number of amides is 1. The lowest BCUT2D eigenvalue weighted by molar-refractivity contribution is -0.121. The van der Waals surface area contributed by atoms with Crippen molar-refractivity contribution in [2.45, 2.75) is 20.0 Å². The van der Waals surface area contributed by atoms with Gasteiger partial charge < -0.3 is 14.8 Å². The molecule has 2 aromatic carbocycles. The highest BCUT2D eigenvalue weighted by atomic mass is 19.3. The quantitative estimate of drug-likeness (QED) is 0.638. The molecule has 0 aromatic heterocycles. The molecule has 152 valence electrons. The maximum Gasteiger partial charge on any atom is 0.387 e. The van der Waals surface area contributed by atoms with E-state index in [4.69, 9.17) is 4.74 Å². The van der Waals surface area contributed by atoms with E-state index in [2.05, 4.69) is 10.1 Å². The number of alkyl halides is 2. The Morgan fingerprint density at radius 1 is 1.07 bits per heavy atom. The van der Waals surface area contributed by atoms with Gasteiger partial charge in [0.2, 0.25) is 5.91 Å². The molecule has 0 fully saturated rings. The number of benzene rings is 2. The van der Waals surface area contributed by atoms with Crippen LogP contribution in [-0.4, -0.2) is 50.7 Å². The minimum atomic E-state index is -2.83. The lowest BCUT2D eigenvalue weighted by Crippen LogP contribution is -2.37. The number of carbonyl (C=O) groups excluding carboxylic acids is 1. The molecule has 0 bridgehead atoms. The molecule has 5 nitrogen and oxygen atoms in total. The SMILES string of the molecule is Cc1ccc(OCCN(C)CC(=O)NCCc2ccc(OC(F)F)cc2)cc1. The van der Waals surface area contributed by atoms with Gasteiger partial charge in [-0.25, -0.2) is 0 Å². The van der Waals surface area contributed by atoms with Gasteiger partial charge in [0.25, 0.3) is 0 Å². The molecule has 0 saturated carbocycles. The van der Waals surface area contributed by atoms with Crippen LogP contribution in [0.4, 0.5) is 8.78 Å². The molecule has 0 saturated heterocycles. The van der Waals surface area contributed by atoms with E-state index < -0.39 is 6.61 Å². The van der Waals surface area contributed by atoms with Crippen LogP contribution < -0.4 is 14.8 Å². The minimum absolute atomic E-state index is 0.0736. The van der Waals surface area contributed by atoms with Gasteiger partial charge in [-0.15, -0.1) is 0 Å². The zero-order valence-corrected chi connectivity index (χ0v) is 16.2. The fourth-order valence-corrected chi connectivity index (χ4v) is 2.52. The standard InChI is InChI=1S/C21H26F2N2O3/c1-16-3-7-18(8-4-16)27-14-13-25(2)15-20(26)24-12-11-17-5-9-19(10-6-17)28-21(22)23/h3-10,21H,11-15H2,1-2H3,(H,24,26). The number of hydrogen-bond donors (Lipinski definition) is 1. The van der Waals surface area contributed by atoms with Crippen molar-refractivity contribution >= 4 is 5.91 Å². The Labute approximate surface area is 164 Å². The van der Waals surface area contributed by atoms with Crippen LogP contribution in [0.1, 0.15) is 11.1 Å². The van der Waals surface area contributed by atoms with Gasteiger partial charge in [0.1, 0.15) is 18.1 Å².